The van der Waals surface area contributed by atoms with Crippen LogP contribution in [-0.2, 0) is 4.79 Å². The summed E-state index contributed by atoms with van der Waals surface area (Å²) < 4.78 is 28.2. The Kier molecular flexibility index (Phi) is 3.78. The summed E-state index contributed by atoms with van der Waals surface area (Å²) in [6.45, 7) is 3.86. The fraction of sp³-hybridized carbons (Fsp3) is 0.364. The van der Waals surface area contributed by atoms with Crippen molar-refractivity contribution < 1.29 is 33.3 Å². The molecule has 0 fully saturated rings. The van der Waals surface area contributed by atoms with Gasteiger partial charge in [0.25, 0.3) is 0 Å². The van der Waals surface area contributed by atoms with E-state index in [0.717, 1.165) is 5.56 Å². The average molecular weight is 396 g/mol. The summed E-state index contributed by atoms with van der Waals surface area (Å²) >= 11 is 0. The van der Waals surface area contributed by atoms with Crippen molar-refractivity contribution in [2.45, 2.75) is 38.2 Å². The van der Waals surface area contributed by atoms with E-state index >= 15 is 0 Å². The van der Waals surface area contributed by atoms with Crippen LogP contribution in [0.2, 0.25) is 0 Å². The molecule has 0 aromatic heterocycles. The molecule has 2 aromatic carbocycles. The standard InChI is InChI=1S/C22H20O7/c1-22(2)9-14(23)12-4-5-15-19(20(12)29-22)13(8-18(24)28-15)11-6-16(25-3)21-17(7-11)26-10-27-21/h4-7,13H,8-10H2,1-3H3/t13-/m1/s1. The number of ketones is 1. The zero-order chi connectivity index (χ0) is 20.3. The molecule has 7 nitrogen and oxygen atoms in total. The third-order valence-corrected chi connectivity index (χ3v) is 5.45. The number of carbonyl (C=O) groups is 2. The van der Waals surface area contributed by atoms with Crippen LogP contribution in [0, 0.1) is 0 Å². The summed E-state index contributed by atoms with van der Waals surface area (Å²) in [7, 11) is 1.55. The summed E-state index contributed by atoms with van der Waals surface area (Å²) in [4.78, 5) is 25.0. The second-order valence-corrected chi connectivity index (χ2v) is 8.00. The molecule has 0 spiro atoms. The van der Waals surface area contributed by atoms with Crippen LogP contribution < -0.4 is 23.7 Å². The van der Waals surface area contributed by atoms with Gasteiger partial charge in [-0.3, -0.25) is 9.59 Å². The van der Waals surface area contributed by atoms with Gasteiger partial charge in [-0.1, -0.05) is 0 Å². The molecule has 0 aliphatic carbocycles. The van der Waals surface area contributed by atoms with E-state index in [1.807, 2.05) is 26.0 Å². The molecule has 3 heterocycles. The summed E-state index contributed by atoms with van der Waals surface area (Å²) in [6.07, 6.45) is 0.408. The molecule has 150 valence electrons. The molecule has 1 atom stereocenters. The van der Waals surface area contributed by atoms with Gasteiger partial charge in [0.1, 0.15) is 17.1 Å². The summed E-state index contributed by atoms with van der Waals surface area (Å²) in [5, 5.41) is 0. The highest BCUT2D eigenvalue weighted by molar-refractivity contribution is 6.01. The quantitative estimate of drug-likeness (QED) is 0.567. The highest BCUT2D eigenvalue weighted by Gasteiger charge is 2.40. The minimum atomic E-state index is -0.641. The Balaban J connectivity index is 1.71. The first-order valence-electron chi connectivity index (χ1n) is 9.43. The molecule has 0 unspecified atom stereocenters. The van der Waals surface area contributed by atoms with Crippen molar-refractivity contribution in [2.75, 3.05) is 13.9 Å². The van der Waals surface area contributed by atoms with Gasteiger partial charge >= 0.3 is 5.97 Å². The van der Waals surface area contributed by atoms with E-state index in [4.69, 9.17) is 23.7 Å². The summed E-state index contributed by atoms with van der Waals surface area (Å²) in [6, 6.07) is 7.01. The molecule has 7 heteroatoms. The predicted octanol–water partition coefficient (Wildman–Crippen LogP) is 3.61. The van der Waals surface area contributed by atoms with Gasteiger partial charge < -0.3 is 23.7 Å². The zero-order valence-electron chi connectivity index (χ0n) is 16.4. The fourth-order valence-electron chi connectivity index (χ4n) is 4.19. The smallest absolute Gasteiger partial charge is 0.312 e. The number of esters is 1. The number of Topliss-reactive ketones (excluding diaryl/α,β-unsaturated/α-hetero) is 1. The van der Waals surface area contributed by atoms with Crippen LogP contribution in [0.25, 0.3) is 0 Å². The number of fused-ring (bicyclic) bond motifs is 4. The van der Waals surface area contributed by atoms with Crippen LogP contribution >= 0.6 is 0 Å². The van der Waals surface area contributed by atoms with Gasteiger partial charge in [0.2, 0.25) is 12.5 Å². The maximum absolute atomic E-state index is 12.7. The molecule has 0 amide bonds. The van der Waals surface area contributed by atoms with Crippen molar-refractivity contribution in [3.63, 3.8) is 0 Å². The van der Waals surface area contributed by atoms with Crippen LogP contribution in [0.15, 0.2) is 24.3 Å². The van der Waals surface area contributed by atoms with Crippen LogP contribution in [-0.4, -0.2) is 31.3 Å². The number of hydrogen-bond donors (Lipinski definition) is 0. The maximum atomic E-state index is 12.7. The number of carbonyl (C=O) groups excluding carboxylic acids is 2. The van der Waals surface area contributed by atoms with Crippen molar-refractivity contribution >= 4 is 11.8 Å². The van der Waals surface area contributed by atoms with Crippen LogP contribution in [0.1, 0.15) is 54.1 Å². The van der Waals surface area contributed by atoms with Crippen molar-refractivity contribution in [3.05, 3.63) is 41.0 Å². The highest BCUT2D eigenvalue weighted by Crippen LogP contribution is 2.51. The topological polar surface area (TPSA) is 80.3 Å². The lowest BCUT2D eigenvalue weighted by Gasteiger charge is -2.36. The molecule has 0 N–H and O–H groups in total. The third-order valence-electron chi connectivity index (χ3n) is 5.45. The van der Waals surface area contributed by atoms with Crippen molar-refractivity contribution in [1.29, 1.82) is 0 Å². The third kappa shape index (κ3) is 2.80. The van der Waals surface area contributed by atoms with E-state index in [9.17, 15) is 9.59 Å². The molecule has 2 aromatic rings. The summed E-state index contributed by atoms with van der Waals surface area (Å²) in [5.41, 5.74) is 1.37. The number of methoxy groups -OCH3 is 1. The normalized spacial score (nSPS) is 21.0. The van der Waals surface area contributed by atoms with Gasteiger partial charge in [-0.15, -0.1) is 0 Å². The maximum Gasteiger partial charge on any atom is 0.312 e. The first kappa shape index (κ1) is 17.8. The monoisotopic (exact) mass is 396 g/mol. The second kappa shape index (κ2) is 6.14. The molecule has 0 saturated heterocycles. The van der Waals surface area contributed by atoms with Gasteiger partial charge in [0.15, 0.2) is 17.3 Å². The van der Waals surface area contributed by atoms with Gasteiger partial charge in [-0.2, -0.15) is 0 Å². The zero-order valence-corrected chi connectivity index (χ0v) is 16.4. The van der Waals surface area contributed by atoms with Gasteiger partial charge in [0.05, 0.1) is 25.5 Å². The van der Waals surface area contributed by atoms with E-state index < -0.39 is 5.60 Å². The number of benzene rings is 2. The van der Waals surface area contributed by atoms with E-state index in [1.54, 1.807) is 19.2 Å². The molecule has 0 saturated carbocycles. The molecule has 0 radical (unpaired) electrons. The van der Waals surface area contributed by atoms with Crippen molar-refractivity contribution in [2.24, 2.45) is 0 Å². The van der Waals surface area contributed by atoms with E-state index in [1.165, 1.54) is 0 Å². The van der Waals surface area contributed by atoms with Crippen LogP contribution in [0.3, 0.4) is 0 Å². The summed E-state index contributed by atoms with van der Waals surface area (Å²) in [5.74, 6) is 1.81. The lowest BCUT2D eigenvalue weighted by molar-refractivity contribution is -0.135. The number of hydrogen-bond acceptors (Lipinski definition) is 7. The Labute approximate surface area is 167 Å². The highest BCUT2D eigenvalue weighted by atomic mass is 16.7. The lowest BCUT2D eigenvalue weighted by atomic mass is 9.82. The predicted molar refractivity (Wildman–Crippen MR) is 101 cm³/mol. The van der Waals surface area contributed by atoms with Crippen LogP contribution in [0.5, 0.6) is 28.7 Å². The Bertz CT molecular complexity index is 1050. The molecule has 3 aliphatic rings. The van der Waals surface area contributed by atoms with Gasteiger partial charge in [-0.05, 0) is 43.7 Å². The Morgan fingerprint density at radius 3 is 2.69 bits per heavy atom. The van der Waals surface area contributed by atoms with E-state index in [-0.39, 0.29) is 30.9 Å². The fourth-order valence-corrected chi connectivity index (χ4v) is 4.19. The molecule has 0 bridgehead atoms. The van der Waals surface area contributed by atoms with Gasteiger partial charge in [-0.25, -0.2) is 0 Å². The Morgan fingerprint density at radius 2 is 1.90 bits per heavy atom. The molecule has 5 rings (SSSR count). The SMILES string of the molecule is COc1cc([C@H]2CC(=O)Oc3ccc4c(c32)OC(C)(C)CC4=O)cc2c1OCO2. The molecular weight excluding hydrogens is 376 g/mol. The van der Waals surface area contributed by atoms with E-state index in [2.05, 4.69) is 0 Å². The lowest BCUT2D eigenvalue weighted by Crippen LogP contribution is -2.37. The van der Waals surface area contributed by atoms with E-state index in [0.29, 0.717) is 46.3 Å². The van der Waals surface area contributed by atoms with Crippen molar-refractivity contribution in [3.8, 4) is 28.7 Å². The number of ether oxygens (including phenoxy) is 5. The molecule has 29 heavy (non-hydrogen) atoms. The largest absolute Gasteiger partial charge is 0.493 e. The Morgan fingerprint density at radius 1 is 1.07 bits per heavy atom. The van der Waals surface area contributed by atoms with Gasteiger partial charge in [0, 0.05) is 11.5 Å². The first-order valence-corrected chi connectivity index (χ1v) is 9.43. The molecule has 3 aliphatic heterocycles. The van der Waals surface area contributed by atoms with Crippen LogP contribution in [0.4, 0.5) is 0 Å². The Hall–Kier alpha value is -3.22. The molecular formula is C22H20O7. The minimum absolute atomic E-state index is 0.0120. The van der Waals surface area contributed by atoms with Crippen molar-refractivity contribution in [1.82, 2.24) is 0 Å². The first-order chi connectivity index (χ1) is 13.9. The number of rotatable bonds is 2. The minimum Gasteiger partial charge on any atom is -0.493 e. The average Bonchev–Trinajstić information content (AvgIpc) is 3.13. The second-order valence-electron chi connectivity index (χ2n) is 8.00.